The first-order valence-electron chi connectivity index (χ1n) is 6.74. The predicted molar refractivity (Wildman–Crippen MR) is 86.8 cm³/mol. The summed E-state index contributed by atoms with van der Waals surface area (Å²) in [5, 5.41) is 3.38. The van der Waals surface area contributed by atoms with E-state index in [9.17, 15) is 0 Å². The molecule has 0 saturated heterocycles. The van der Waals surface area contributed by atoms with Crippen LogP contribution in [-0.4, -0.2) is 15.8 Å². The molecule has 2 aromatic heterocycles. The summed E-state index contributed by atoms with van der Waals surface area (Å²) >= 11 is 1.76. The van der Waals surface area contributed by atoms with Gasteiger partial charge in [-0.2, -0.15) is 11.8 Å². The number of aromatic nitrogens is 2. The van der Waals surface area contributed by atoms with Gasteiger partial charge < -0.3 is 14.3 Å². The highest BCUT2D eigenvalue weighted by atomic mass is 32.2. The molecule has 0 amide bonds. The molecule has 0 aliphatic rings. The molecule has 3 rings (SSSR count). The molecular weight excluding hydrogens is 282 g/mol. The van der Waals surface area contributed by atoms with Crippen molar-refractivity contribution < 1.29 is 4.42 Å². The second-order valence-electron chi connectivity index (χ2n) is 4.67. The molecule has 21 heavy (non-hydrogen) atoms. The summed E-state index contributed by atoms with van der Waals surface area (Å²) in [5.74, 6) is 2.88. The monoisotopic (exact) mass is 299 g/mol. The van der Waals surface area contributed by atoms with Gasteiger partial charge in [-0.05, 0) is 36.6 Å². The number of furan rings is 1. The number of nitrogens with one attached hydrogen (secondary N) is 1. The fraction of sp³-hybridized carbons (Fsp3) is 0.188. The summed E-state index contributed by atoms with van der Waals surface area (Å²) < 4.78 is 7.73. The molecule has 0 fully saturated rings. The zero-order valence-electron chi connectivity index (χ0n) is 11.8. The Morgan fingerprint density at radius 1 is 1.24 bits per heavy atom. The summed E-state index contributed by atoms with van der Waals surface area (Å²) in [6.45, 7) is 0.682. The van der Waals surface area contributed by atoms with E-state index in [1.807, 2.05) is 35.0 Å². The van der Waals surface area contributed by atoms with Gasteiger partial charge in [0.25, 0.3) is 0 Å². The maximum atomic E-state index is 5.75. The standard InChI is InChI=1S/C16H17N3OS/c1-21-11-16-6-5-15(20-16)10-18-13-3-2-4-14(9-13)19-8-7-17-12-19/h2-9,12,18H,10-11H2,1H3. The Bertz CT molecular complexity index is 691. The number of rotatable bonds is 6. The first-order chi connectivity index (χ1) is 10.3. The average molecular weight is 299 g/mol. The first kappa shape index (κ1) is 13.8. The molecule has 0 aliphatic carbocycles. The largest absolute Gasteiger partial charge is 0.463 e. The van der Waals surface area contributed by atoms with Gasteiger partial charge >= 0.3 is 0 Å². The quantitative estimate of drug-likeness (QED) is 0.748. The third kappa shape index (κ3) is 3.49. The van der Waals surface area contributed by atoms with Crippen molar-refractivity contribution >= 4 is 17.4 Å². The molecule has 2 heterocycles. The molecule has 0 unspecified atom stereocenters. The van der Waals surface area contributed by atoms with Crippen LogP contribution < -0.4 is 5.32 Å². The first-order valence-corrected chi connectivity index (χ1v) is 8.13. The van der Waals surface area contributed by atoms with E-state index < -0.39 is 0 Å². The summed E-state index contributed by atoms with van der Waals surface area (Å²) in [7, 11) is 0. The van der Waals surface area contributed by atoms with Gasteiger partial charge in [0.2, 0.25) is 0 Å². The van der Waals surface area contributed by atoms with Crippen molar-refractivity contribution in [1.29, 1.82) is 0 Å². The maximum absolute atomic E-state index is 5.75. The highest BCUT2D eigenvalue weighted by Gasteiger charge is 2.02. The number of benzene rings is 1. The Morgan fingerprint density at radius 2 is 2.14 bits per heavy atom. The third-order valence-corrected chi connectivity index (χ3v) is 3.69. The van der Waals surface area contributed by atoms with Gasteiger partial charge in [-0.3, -0.25) is 0 Å². The van der Waals surface area contributed by atoms with Gasteiger partial charge in [0.05, 0.1) is 18.6 Å². The fourth-order valence-electron chi connectivity index (χ4n) is 2.11. The Labute approximate surface area is 128 Å². The number of hydrogen-bond donors (Lipinski definition) is 1. The van der Waals surface area contributed by atoms with Crippen molar-refractivity contribution in [2.45, 2.75) is 12.3 Å². The van der Waals surface area contributed by atoms with E-state index >= 15 is 0 Å². The van der Waals surface area contributed by atoms with Crippen molar-refractivity contribution in [2.75, 3.05) is 11.6 Å². The van der Waals surface area contributed by atoms with Crippen molar-refractivity contribution in [3.05, 3.63) is 66.6 Å². The number of nitrogens with zero attached hydrogens (tertiary/aromatic N) is 2. The molecule has 108 valence electrons. The van der Waals surface area contributed by atoms with Crippen LogP contribution in [0, 0.1) is 0 Å². The van der Waals surface area contributed by atoms with Gasteiger partial charge in [0, 0.05) is 23.8 Å². The minimum Gasteiger partial charge on any atom is -0.463 e. The molecule has 3 aromatic rings. The minimum atomic E-state index is 0.682. The molecule has 0 saturated carbocycles. The second-order valence-corrected chi connectivity index (χ2v) is 5.54. The predicted octanol–water partition coefficient (Wildman–Crippen LogP) is 3.94. The van der Waals surface area contributed by atoms with E-state index in [4.69, 9.17) is 4.42 Å². The Balaban J connectivity index is 1.66. The van der Waals surface area contributed by atoms with Crippen LogP contribution in [0.15, 0.2) is 59.5 Å². The molecule has 0 spiro atoms. The summed E-state index contributed by atoms with van der Waals surface area (Å²) in [5.41, 5.74) is 2.14. The number of hydrogen-bond acceptors (Lipinski definition) is 4. The van der Waals surface area contributed by atoms with Crippen LogP contribution in [0.3, 0.4) is 0 Å². The molecule has 0 radical (unpaired) electrons. The number of anilines is 1. The van der Waals surface area contributed by atoms with Gasteiger partial charge in [0.15, 0.2) is 0 Å². The number of imidazole rings is 1. The normalized spacial score (nSPS) is 10.7. The highest BCUT2D eigenvalue weighted by Crippen LogP contribution is 2.17. The van der Waals surface area contributed by atoms with Gasteiger partial charge in [-0.1, -0.05) is 6.07 Å². The highest BCUT2D eigenvalue weighted by molar-refractivity contribution is 7.97. The molecule has 4 nitrogen and oxygen atoms in total. The SMILES string of the molecule is CSCc1ccc(CNc2cccc(-n3ccnc3)c2)o1. The zero-order chi connectivity index (χ0) is 14.5. The van der Waals surface area contributed by atoms with Crippen LogP contribution in [0.2, 0.25) is 0 Å². The van der Waals surface area contributed by atoms with Crippen LogP contribution in [0.5, 0.6) is 0 Å². The van der Waals surface area contributed by atoms with E-state index in [1.54, 1.807) is 24.3 Å². The molecule has 5 heteroatoms. The zero-order valence-corrected chi connectivity index (χ0v) is 12.6. The lowest BCUT2D eigenvalue weighted by molar-refractivity contribution is 0.487. The fourth-order valence-corrected chi connectivity index (χ4v) is 2.55. The molecule has 0 bridgehead atoms. The van der Waals surface area contributed by atoms with E-state index in [1.165, 1.54) is 0 Å². The second kappa shape index (κ2) is 6.54. The van der Waals surface area contributed by atoms with Crippen LogP contribution in [0.25, 0.3) is 5.69 Å². The van der Waals surface area contributed by atoms with Crippen LogP contribution >= 0.6 is 11.8 Å². The molecule has 1 N–H and O–H groups in total. The maximum Gasteiger partial charge on any atom is 0.123 e. The molecule has 0 aliphatic heterocycles. The Kier molecular flexibility index (Phi) is 4.31. The van der Waals surface area contributed by atoms with Gasteiger partial charge in [0.1, 0.15) is 11.5 Å². The Morgan fingerprint density at radius 3 is 2.95 bits per heavy atom. The van der Waals surface area contributed by atoms with E-state index in [-0.39, 0.29) is 0 Å². The van der Waals surface area contributed by atoms with Crippen molar-refractivity contribution in [3.63, 3.8) is 0 Å². The van der Waals surface area contributed by atoms with E-state index in [0.29, 0.717) is 6.54 Å². The molecule has 1 aromatic carbocycles. The summed E-state index contributed by atoms with van der Waals surface area (Å²) in [6.07, 6.45) is 7.57. The van der Waals surface area contributed by atoms with Crippen LogP contribution in [0.4, 0.5) is 5.69 Å². The van der Waals surface area contributed by atoms with E-state index in [0.717, 1.165) is 28.6 Å². The lowest BCUT2D eigenvalue weighted by Crippen LogP contribution is -1.99. The smallest absolute Gasteiger partial charge is 0.123 e. The third-order valence-electron chi connectivity index (χ3n) is 3.12. The minimum absolute atomic E-state index is 0.682. The topological polar surface area (TPSA) is 43.0 Å². The van der Waals surface area contributed by atoms with Crippen molar-refractivity contribution in [2.24, 2.45) is 0 Å². The van der Waals surface area contributed by atoms with Crippen LogP contribution in [0.1, 0.15) is 11.5 Å². The molecule has 0 atom stereocenters. The lowest BCUT2D eigenvalue weighted by Gasteiger charge is -2.07. The number of thioether (sulfide) groups is 1. The summed E-state index contributed by atoms with van der Waals surface area (Å²) in [4.78, 5) is 4.07. The van der Waals surface area contributed by atoms with Gasteiger partial charge in [-0.15, -0.1) is 0 Å². The lowest BCUT2D eigenvalue weighted by atomic mass is 10.2. The average Bonchev–Trinajstić information content (AvgIpc) is 3.18. The molecular formula is C16H17N3OS. The van der Waals surface area contributed by atoms with Crippen molar-refractivity contribution in [1.82, 2.24) is 9.55 Å². The van der Waals surface area contributed by atoms with E-state index in [2.05, 4.69) is 28.7 Å². The Hall–Kier alpha value is -2.14. The summed E-state index contributed by atoms with van der Waals surface area (Å²) in [6, 6.07) is 12.3. The van der Waals surface area contributed by atoms with Crippen LogP contribution in [-0.2, 0) is 12.3 Å². The van der Waals surface area contributed by atoms with Gasteiger partial charge in [-0.25, -0.2) is 4.98 Å². The van der Waals surface area contributed by atoms with Crippen molar-refractivity contribution in [3.8, 4) is 5.69 Å².